The van der Waals surface area contributed by atoms with Gasteiger partial charge in [-0.1, -0.05) is 0 Å². The van der Waals surface area contributed by atoms with Crippen LogP contribution < -0.4 is 10.6 Å². The summed E-state index contributed by atoms with van der Waals surface area (Å²) in [6.45, 7) is 5.18. The van der Waals surface area contributed by atoms with Crippen molar-refractivity contribution in [1.82, 2.24) is 10.3 Å². The van der Waals surface area contributed by atoms with Gasteiger partial charge >= 0.3 is 0 Å². The fraction of sp³-hybridized carbons (Fsp3) is 0.571. The van der Waals surface area contributed by atoms with Crippen LogP contribution in [0.2, 0.25) is 0 Å². The first-order valence-electron chi connectivity index (χ1n) is 6.82. The topological polar surface area (TPSA) is 72.5 Å². The number of carbonyl (C=O) groups is 1. The van der Waals surface area contributed by atoms with Crippen LogP contribution in [0.3, 0.4) is 0 Å². The number of pyridine rings is 1. The lowest BCUT2D eigenvalue weighted by Gasteiger charge is -2.08. The lowest BCUT2D eigenvalue weighted by atomic mass is 10.3. The molecule has 0 saturated heterocycles. The molecule has 0 atom stereocenters. The van der Waals surface area contributed by atoms with Crippen LogP contribution in [-0.4, -0.2) is 50.9 Å². The van der Waals surface area contributed by atoms with Gasteiger partial charge in [-0.05, 0) is 25.5 Å². The summed E-state index contributed by atoms with van der Waals surface area (Å²) in [6.07, 6.45) is 2.52. The van der Waals surface area contributed by atoms with Gasteiger partial charge in [0.05, 0.1) is 13.2 Å². The number of nitrogens with zero attached hydrogens (tertiary/aromatic N) is 1. The smallest absolute Gasteiger partial charge is 0.269 e. The van der Waals surface area contributed by atoms with Gasteiger partial charge in [0.1, 0.15) is 5.69 Å². The molecule has 1 heterocycles. The summed E-state index contributed by atoms with van der Waals surface area (Å²) in [5.41, 5.74) is 1.31. The predicted molar refractivity (Wildman–Crippen MR) is 78.0 cm³/mol. The highest BCUT2D eigenvalue weighted by atomic mass is 16.5. The highest BCUT2D eigenvalue weighted by Crippen LogP contribution is 2.07. The van der Waals surface area contributed by atoms with Crippen molar-refractivity contribution in [2.45, 2.75) is 13.3 Å². The highest BCUT2D eigenvalue weighted by Gasteiger charge is 2.05. The minimum absolute atomic E-state index is 0.154. The van der Waals surface area contributed by atoms with Gasteiger partial charge in [-0.15, -0.1) is 0 Å². The van der Waals surface area contributed by atoms with Crippen molar-refractivity contribution in [3.63, 3.8) is 0 Å². The van der Waals surface area contributed by atoms with E-state index >= 15 is 0 Å². The minimum Gasteiger partial charge on any atom is -0.385 e. The van der Waals surface area contributed by atoms with Crippen LogP contribution in [0.5, 0.6) is 0 Å². The zero-order valence-corrected chi connectivity index (χ0v) is 12.1. The van der Waals surface area contributed by atoms with Gasteiger partial charge in [-0.3, -0.25) is 9.78 Å². The maximum Gasteiger partial charge on any atom is 0.269 e. The molecule has 6 heteroatoms. The zero-order valence-electron chi connectivity index (χ0n) is 12.1. The molecule has 0 aromatic carbocycles. The van der Waals surface area contributed by atoms with E-state index in [0.717, 1.165) is 18.7 Å². The monoisotopic (exact) mass is 281 g/mol. The molecule has 0 saturated carbocycles. The maximum atomic E-state index is 11.6. The number of nitrogens with one attached hydrogen (secondary N) is 2. The third-order valence-corrected chi connectivity index (χ3v) is 2.56. The molecule has 112 valence electrons. The Bertz CT molecular complexity index is 399. The largest absolute Gasteiger partial charge is 0.385 e. The van der Waals surface area contributed by atoms with Crippen molar-refractivity contribution in [2.75, 3.05) is 45.3 Å². The molecule has 0 unspecified atom stereocenters. The SMILES string of the molecule is CCNC(=O)c1cc(NCCCOCCOC)ccn1. The van der Waals surface area contributed by atoms with E-state index in [0.29, 0.717) is 32.1 Å². The number of anilines is 1. The molecular weight excluding hydrogens is 258 g/mol. The van der Waals surface area contributed by atoms with E-state index in [-0.39, 0.29) is 5.91 Å². The third kappa shape index (κ3) is 6.49. The number of aromatic nitrogens is 1. The van der Waals surface area contributed by atoms with Crippen LogP contribution in [0.4, 0.5) is 5.69 Å². The van der Waals surface area contributed by atoms with Crippen LogP contribution in [0.15, 0.2) is 18.3 Å². The quantitative estimate of drug-likeness (QED) is 0.632. The fourth-order valence-electron chi connectivity index (χ4n) is 1.57. The maximum absolute atomic E-state index is 11.6. The summed E-state index contributed by atoms with van der Waals surface area (Å²) in [4.78, 5) is 15.7. The second-order valence-electron chi connectivity index (χ2n) is 4.17. The molecule has 1 amide bonds. The van der Waals surface area contributed by atoms with Crippen molar-refractivity contribution >= 4 is 11.6 Å². The Morgan fingerprint density at radius 2 is 2.20 bits per heavy atom. The standard InChI is InChI=1S/C14H23N3O3/c1-3-15-14(18)13-11-12(5-7-17-13)16-6-4-8-20-10-9-19-2/h5,7,11H,3-4,6,8-10H2,1-2H3,(H,15,18)(H,16,17). The minimum atomic E-state index is -0.154. The van der Waals surface area contributed by atoms with E-state index in [9.17, 15) is 4.79 Å². The molecule has 0 bridgehead atoms. The highest BCUT2D eigenvalue weighted by molar-refractivity contribution is 5.93. The summed E-state index contributed by atoms with van der Waals surface area (Å²) in [7, 11) is 1.65. The van der Waals surface area contributed by atoms with Crippen molar-refractivity contribution in [2.24, 2.45) is 0 Å². The molecular formula is C14H23N3O3. The van der Waals surface area contributed by atoms with Crippen LogP contribution in [0, 0.1) is 0 Å². The number of ether oxygens (including phenoxy) is 2. The van der Waals surface area contributed by atoms with Gasteiger partial charge in [-0.2, -0.15) is 0 Å². The normalized spacial score (nSPS) is 10.3. The molecule has 0 aliphatic rings. The van der Waals surface area contributed by atoms with E-state index < -0.39 is 0 Å². The van der Waals surface area contributed by atoms with Crippen LogP contribution in [0.1, 0.15) is 23.8 Å². The average molecular weight is 281 g/mol. The second-order valence-corrected chi connectivity index (χ2v) is 4.17. The predicted octanol–water partition coefficient (Wildman–Crippen LogP) is 1.30. The molecule has 2 N–H and O–H groups in total. The molecule has 0 fully saturated rings. The Labute approximate surface area is 119 Å². The van der Waals surface area contributed by atoms with Crippen molar-refractivity contribution in [3.05, 3.63) is 24.0 Å². The number of hydrogen-bond donors (Lipinski definition) is 2. The lowest BCUT2D eigenvalue weighted by molar-refractivity contribution is 0.0705. The molecule has 1 aromatic heterocycles. The van der Waals surface area contributed by atoms with Crippen molar-refractivity contribution in [1.29, 1.82) is 0 Å². The third-order valence-electron chi connectivity index (χ3n) is 2.56. The van der Waals surface area contributed by atoms with Crippen LogP contribution in [0.25, 0.3) is 0 Å². The Kier molecular flexibility index (Phi) is 8.33. The van der Waals surface area contributed by atoms with E-state index in [2.05, 4.69) is 15.6 Å². The van der Waals surface area contributed by atoms with E-state index in [4.69, 9.17) is 9.47 Å². The Morgan fingerprint density at radius 1 is 1.35 bits per heavy atom. The summed E-state index contributed by atoms with van der Waals surface area (Å²) in [5.74, 6) is -0.154. The summed E-state index contributed by atoms with van der Waals surface area (Å²) >= 11 is 0. The van der Waals surface area contributed by atoms with Gasteiger partial charge in [0, 0.05) is 38.7 Å². The van der Waals surface area contributed by atoms with Gasteiger partial charge in [0.15, 0.2) is 0 Å². The lowest BCUT2D eigenvalue weighted by Crippen LogP contribution is -2.23. The number of rotatable bonds is 10. The number of carbonyl (C=O) groups excluding carboxylic acids is 1. The summed E-state index contributed by atoms with van der Waals surface area (Å²) < 4.78 is 10.3. The van der Waals surface area contributed by atoms with Crippen LogP contribution in [-0.2, 0) is 9.47 Å². The van der Waals surface area contributed by atoms with Gasteiger partial charge in [-0.25, -0.2) is 0 Å². The Hall–Kier alpha value is -1.66. The van der Waals surface area contributed by atoms with Gasteiger partial charge in [0.25, 0.3) is 5.91 Å². The number of amides is 1. The molecule has 20 heavy (non-hydrogen) atoms. The number of hydrogen-bond acceptors (Lipinski definition) is 5. The van der Waals surface area contributed by atoms with Crippen LogP contribution >= 0.6 is 0 Å². The van der Waals surface area contributed by atoms with E-state index in [1.807, 2.05) is 13.0 Å². The second kappa shape index (κ2) is 10.2. The van der Waals surface area contributed by atoms with Gasteiger partial charge < -0.3 is 20.1 Å². The number of methoxy groups -OCH3 is 1. The molecule has 1 aromatic rings. The zero-order chi connectivity index (χ0) is 14.6. The van der Waals surface area contributed by atoms with E-state index in [1.54, 1.807) is 19.4 Å². The van der Waals surface area contributed by atoms with E-state index in [1.165, 1.54) is 0 Å². The molecule has 0 aliphatic heterocycles. The molecule has 0 aliphatic carbocycles. The fourth-order valence-corrected chi connectivity index (χ4v) is 1.57. The Balaban J connectivity index is 2.26. The van der Waals surface area contributed by atoms with Crippen molar-refractivity contribution in [3.8, 4) is 0 Å². The average Bonchev–Trinajstić information content (AvgIpc) is 2.47. The first-order chi connectivity index (χ1) is 9.77. The summed E-state index contributed by atoms with van der Waals surface area (Å²) in [5, 5.41) is 5.97. The van der Waals surface area contributed by atoms with Crippen molar-refractivity contribution < 1.29 is 14.3 Å². The molecule has 1 rings (SSSR count). The first kappa shape index (κ1) is 16.4. The molecule has 0 spiro atoms. The molecule has 6 nitrogen and oxygen atoms in total. The van der Waals surface area contributed by atoms with Gasteiger partial charge in [0.2, 0.25) is 0 Å². The first-order valence-corrected chi connectivity index (χ1v) is 6.82. The molecule has 0 radical (unpaired) electrons. The summed E-state index contributed by atoms with van der Waals surface area (Å²) in [6, 6.07) is 3.59. The Morgan fingerprint density at radius 3 is 2.95 bits per heavy atom.